The maximum absolute atomic E-state index is 11.5. The van der Waals surface area contributed by atoms with Crippen LogP contribution in [0, 0.1) is 0 Å². The highest BCUT2D eigenvalue weighted by Crippen LogP contribution is 2.18. The van der Waals surface area contributed by atoms with Crippen molar-refractivity contribution in [2.75, 3.05) is 0 Å². The van der Waals surface area contributed by atoms with Gasteiger partial charge >= 0.3 is 0 Å². The average molecular weight is 193 g/mol. The lowest BCUT2D eigenvalue weighted by Crippen LogP contribution is -1.98. The van der Waals surface area contributed by atoms with Crippen molar-refractivity contribution in [3.63, 3.8) is 0 Å². The van der Waals surface area contributed by atoms with E-state index in [2.05, 4.69) is 4.99 Å². The van der Waals surface area contributed by atoms with Crippen molar-refractivity contribution in [3.8, 4) is 0 Å². The molecular formula is C9H7NO2S. The number of hydrogen-bond acceptors (Lipinski definition) is 3. The third-order valence-corrected chi connectivity index (χ3v) is 3.23. The van der Waals surface area contributed by atoms with Gasteiger partial charge < -0.3 is 0 Å². The molecule has 0 saturated heterocycles. The number of benzene rings is 1. The Balaban J connectivity index is 2.79. The summed E-state index contributed by atoms with van der Waals surface area (Å²) in [6.07, 6.45) is 2.83. The summed E-state index contributed by atoms with van der Waals surface area (Å²) in [4.78, 5) is 4.14. The standard InChI is InChI=1S/C9H7NO2S/c11-13(12)6-5-10-7-8-3-1-2-4-9(8)13/h1-7H. The Kier molecular flexibility index (Phi) is 1.77. The molecule has 1 aliphatic heterocycles. The summed E-state index contributed by atoms with van der Waals surface area (Å²) < 4.78 is 23.1. The van der Waals surface area contributed by atoms with Gasteiger partial charge in [0.15, 0.2) is 0 Å². The van der Waals surface area contributed by atoms with E-state index in [-0.39, 0.29) is 0 Å². The third kappa shape index (κ3) is 1.40. The van der Waals surface area contributed by atoms with Crippen LogP contribution in [0.3, 0.4) is 0 Å². The zero-order valence-electron chi connectivity index (χ0n) is 6.71. The highest BCUT2D eigenvalue weighted by atomic mass is 32.2. The molecule has 0 aromatic heterocycles. The molecule has 66 valence electrons. The van der Waals surface area contributed by atoms with E-state index in [1.165, 1.54) is 12.4 Å². The van der Waals surface area contributed by atoms with Gasteiger partial charge in [0.1, 0.15) is 0 Å². The third-order valence-electron chi connectivity index (χ3n) is 1.77. The molecule has 0 atom stereocenters. The fourth-order valence-corrected chi connectivity index (χ4v) is 2.25. The number of sulfone groups is 1. The molecule has 1 aromatic carbocycles. The van der Waals surface area contributed by atoms with Crippen LogP contribution in [0.5, 0.6) is 0 Å². The number of nitrogens with zero attached hydrogens (tertiary/aromatic N) is 1. The van der Waals surface area contributed by atoms with Gasteiger partial charge in [0.05, 0.1) is 10.3 Å². The Morgan fingerprint density at radius 2 is 1.92 bits per heavy atom. The first-order valence-corrected chi connectivity index (χ1v) is 5.29. The molecule has 0 saturated carbocycles. The monoisotopic (exact) mass is 193 g/mol. The molecule has 13 heavy (non-hydrogen) atoms. The largest absolute Gasteiger partial charge is 0.263 e. The van der Waals surface area contributed by atoms with Crippen molar-refractivity contribution in [1.82, 2.24) is 0 Å². The normalized spacial score (nSPS) is 17.8. The summed E-state index contributed by atoms with van der Waals surface area (Å²) in [7, 11) is -3.28. The lowest BCUT2D eigenvalue weighted by Gasteiger charge is -2.00. The van der Waals surface area contributed by atoms with Crippen molar-refractivity contribution >= 4 is 16.1 Å². The lowest BCUT2D eigenvalue weighted by atomic mass is 10.2. The van der Waals surface area contributed by atoms with E-state index in [0.717, 1.165) is 5.41 Å². The van der Waals surface area contributed by atoms with Gasteiger partial charge in [-0.3, -0.25) is 4.99 Å². The number of rotatable bonds is 0. The van der Waals surface area contributed by atoms with Gasteiger partial charge in [-0.2, -0.15) is 0 Å². The SMILES string of the molecule is O=S1(=O)C=CN=Cc2ccccc21. The predicted octanol–water partition coefficient (Wildman–Crippen LogP) is 1.36. The summed E-state index contributed by atoms with van der Waals surface area (Å²) in [5, 5.41) is 1.11. The van der Waals surface area contributed by atoms with Crippen molar-refractivity contribution in [3.05, 3.63) is 41.4 Å². The van der Waals surface area contributed by atoms with E-state index in [9.17, 15) is 8.42 Å². The maximum atomic E-state index is 11.5. The Morgan fingerprint density at radius 1 is 1.15 bits per heavy atom. The minimum absolute atomic E-state index is 0.313. The minimum atomic E-state index is -3.28. The Morgan fingerprint density at radius 3 is 2.77 bits per heavy atom. The quantitative estimate of drug-likeness (QED) is 0.624. The van der Waals surface area contributed by atoms with E-state index < -0.39 is 9.84 Å². The van der Waals surface area contributed by atoms with Gasteiger partial charge in [-0.1, -0.05) is 18.2 Å². The summed E-state index contributed by atoms with van der Waals surface area (Å²) in [5.74, 6) is 0. The fourth-order valence-electron chi connectivity index (χ4n) is 1.16. The molecule has 1 aromatic rings. The van der Waals surface area contributed by atoms with Gasteiger partial charge in [-0.05, 0) is 6.07 Å². The van der Waals surface area contributed by atoms with Crippen LogP contribution in [0.2, 0.25) is 0 Å². The van der Waals surface area contributed by atoms with Gasteiger partial charge in [-0.25, -0.2) is 8.42 Å². The second-order valence-corrected chi connectivity index (χ2v) is 4.45. The smallest absolute Gasteiger partial charge is 0.201 e. The van der Waals surface area contributed by atoms with Gasteiger partial charge in [0.2, 0.25) is 9.84 Å². The summed E-state index contributed by atoms with van der Waals surface area (Å²) in [6, 6.07) is 6.78. The highest BCUT2D eigenvalue weighted by molar-refractivity contribution is 7.94. The first kappa shape index (κ1) is 8.19. The van der Waals surface area contributed by atoms with Gasteiger partial charge in [0, 0.05) is 18.0 Å². The molecule has 1 heterocycles. The van der Waals surface area contributed by atoms with Crippen LogP contribution in [0.4, 0.5) is 0 Å². The van der Waals surface area contributed by atoms with E-state index in [1.807, 2.05) is 0 Å². The van der Waals surface area contributed by atoms with Gasteiger partial charge in [-0.15, -0.1) is 0 Å². The van der Waals surface area contributed by atoms with Gasteiger partial charge in [0.25, 0.3) is 0 Å². The number of aliphatic imine (C=N–C) groups is 1. The molecule has 2 rings (SSSR count). The van der Waals surface area contributed by atoms with E-state index in [1.54, 1.807) is 24.3 Å². The van der Waals surface area contributed by atoms with E-state index >= 15 is 0 Å². The Labute approximate surface area is 76.4 Å². The molecule has 3 nitrogen and oxygen atoms in total. The zero-order chi connectivity index (χ0) is 9.31. The molecule has 0 bridgehead atoms. The molecule has 0 N–H and O–H groups in total. The molecule has 0 radical (unpaired) electrons. The summed E-state index contributed by atoms with van der Waals surface area (Å²) in [5.41, 5.74) is 0.632. The van der Waals surface area contributed by atoms with Crippen LogP contribution in [-0.4, -0.2) is 14.6 Å². The van der Waals surface area contributed by atoms with Crippen molar-refractivity contribution < 1.29 is 8.42 Å². The summed E-state index contributed by atoms with van der Waals surface area (Å²) in [6.45, 7) is 0. The van der Waals surface area contributed by atoms with E-state index in [4.69, 9.17) is 0 Å². The topological polar surface area (TPSA) is 46.5 Å². The molecule has 0 spiro atoms. The first-order chi connectivity index (χ1) is 6.20. The minimum Gasteiger partial charge on any atom is -0.263 e. The molecule has 0 amide bonds. The van der Waals surface area contributed by atoms with Crippen molar-refractivity contribution in [2.45, 2.75) is 4.90 Å². The molecular weight excluding hydrogens is 186 g/mol. The summed E-state index contributed by atoms with van der Waals surface area (Å²) >= 11 is 0. The van der Waals surface area contributed by atoms with Crippen LogP contribution in [0.1, 0.15) is 5.56 Å². The number of hydrogen-bond donors (Lipinski definition) is 0. The fraction of sp³-hybridized carbons (Fsp3) is 0. The van der Waals surface area contributed by atoms with Crippen LogP contribution in [0.25, 0.3) is 0 Å². The molecule has 1 aliphatic rings. The van der Waals surface area contributed by atoms with Crippen molar-refractivity contribution in [1.29, 1.82) is 0 Å². The first-order valence-electron chi connectivity index (χ1n) is 3.74. The second kappa shape index (κ2) is 2.81. The maximum Gasteiger partial charge on any atom is 0.201 e. The lowest BCUT2D eigenvalue weighted by molar-refractivity contribution is 0.604. The highest BCUT2D eigenvalue weighted by Gasteiger charge is 2.14. The zero-order valence-corrected chi connectivity index (χ0v) is 7.53. The molecule has 4 heteroatoms. The molecule has 0 unspecified atom stereocenters. The number of fused-ring (bicyclic) bond motifs is 1. The molecule has 0 fully saturated rings. The van der Waals surface area contributed by atoms with Crippen LogP contribution >= 0.6 is 0 Å². The second-order valence-electron chi connectivity index (χ2n) is 2.65. The Bertz CT molecular complexity index is 486. The van der Waals surface area contributed by atoms with Crippen molar-refractivity contribution in [2.24, 2.45) is 4.99 Å². The van der Waals surface area contributed by atoms with Crippen LogP contribution < -0.4 is 0 Å². The average Bonchev–Trinajstić information content (AvgIpc) is 2.26. The van der Waals surface area contributed by atoms with E-state index in [0.29, 0.717) is 10.5 Å². The van der Waals surface area contributed by atoms with Crippen LogP contribution in [-0.2, 0) is 9.84 Å². The Hall–Kier alpha value is -1.42. The van der Waals surface area contributed by atoms with Crippen LogP contribution in [0.15, 0.2) is 45.8 Å². The predicted molar refractivity (Wildman–Crippen MR) is 50.4 cm³/mol. The molecule has 0 aliphatic carbocycles.